The van der Waals surface area contributed by atoms with Gasteiger partial charge in [-0.2, -0.15) is 13.2 Å². The minimum atomic E-state index is -4.37. The highest BCUT2D eigenvalue weighted by Gasteiger charge is 2.30. The summed E-state index contributed by atoms with van der Waals surface area (Å²) in [5.41, 5.74) is 4.68. The second-order valence-corrected chi connectivity index (χ2v) is 3.05. The van der Waals surface area contributed by atoms with Crippen molar-refractivity contribution < 1.29 is 13.2 Å². The van der Waals surface area contributed by atoms with Gasteiger partial charge in [-0.15, -0.1) is 11.6 Å². The molecule has 0 amide bonds. The van der Waals surface area contributed by atoms with Crippen LogP contribution < -0.4 is 5.73 Å². The maximum atomic E-state index is 12.3. The molecule has 0 aliphatic rings. The summed E-state index contributed by atoms with van der Waals surface area (Å²) in [7, 11) is 0. The third-order valence-corrected chi connectivity index (χ3v) is 1.86. The normalized spacial score (nSPS) is 12.9. The summed E-state index contributed by atoms with van der Waals surface area (Å²) < 4.78 is 36.8. The number of amidine groups is 1. The third-order valence-electron chi connectivity index (χ3n) is 1.58. The molecule has 0 spiro atoms. The minimum Gasteiger partial charge on any atom is -0.386 e. The van der Waals surface area contributed by atoms with Gasteiger partial charge in [-0.1, -0.05) is 6.07 Å². The molecule has 0 radical (unpaired) electrons. The van der Waals surface area contributed by atoms with Crippen LogP contribution in [0.3, 0.4) is 0 Å². The maximum absolute atomic E-state index is 12.3. The van der Waals surface area contributed by atoms with Gasteiger partial charge in [0, 0.05) is 0 Å². The van der Waals surface area contributed by atoms with E-state index >= 15 is 0 Å². The first kappa shape index (κ1) is 11.8. The molecule has 2 N–H and O–H groups in total. The first-order chi connectivity index (χ1) is 6.93. The van der Waals surface area contributed by atoms with Crippen LogP contribution in [0.2, 0.25) is 0 Å². The molecule has 0 heterocycles. The van der Waals surface area contributed by atoms with Crippen molar-refractivity contribution in [3.8, 4) is 0 Å². The van der Waals surface area contributed by atoms with Crippen molar-refractivity contribution in [2.24, 2.45) is 10.7 Å². The van der Waals surface area contributed by atoms with E-state index < -0.39 is 11.7 Å². The van der Waals surface area contributed by atoms with Gasteiger partial charge in [0.2, 0.25) is 0 Å². The zero-order valence-electron chi connectivity index (χ0n) is 7.55. The average Bonchev–Trinajstić information content (AvgIpc) is 2.17. The standard InChI is InChI=1S/C9H8ClF3N2/c10-5-8(14)15-7-3-1-2-6(4-7)9(11,12)13/h1-4H,5H2,(H2,14,15). The number of hydrogen-bond acceptors (Lipinski definition) is 1. The van der Waals surface area contributed by atoms with Gasteiger partial charge in [0.15, 0.2) is 0 Å². The summed E-state index contributed by atoms with van der Waals surface area (Å²) in [6, 6.07) is 4.58. The van der Waals surface area contributed by atoms with Gasteiger partial charge in [-0.25, -0.2) is 4.99 Å². The topological polar surface area (TPSA) is 38.4 Å². The van der Waals surface area contributed by atoms with E-state index in [4.69, 9.17) is 17.3 Å². The Hall–Kier alpha value is -1.23. The molecule has 1 aromatic carbocycles. The van der Waals surface area contributed by atoms with Gasteiger partial charge in [-0.05, 0) is 18.2 Å². The van der Waals surface area contributed by atoms with Gasteiger partial charge in [-0.3, -0.25) is 0 Å². The van der Waals surface area contributed by atoms with Crippen LogP contribution >= 0.6 is 11.6 Å². The minimum absolute atomic E-state index is 0.0176. The number of alkyl halides is 4. The molecule has 0 saturated heterocycles. The Morgan fingerprint density at radius 3 is 2.60 bits per heavy atom. The van der Waals surface area contributed by atoms with Gasteiger partial charge in [0.1, 0.15) is 5.84 Å². The molecule has 6 heteroatoms. The molecule has 0 saturated carbocycles. The Bertz CT molecular complexity index is 374. The maximum Gasteiger partial charge on any atom is 0.416 e. The molecule has 0 aromatic heterocycles. The first-order valence-electron chi connectivity index (χ1n) is 4.00. The molecular formula is C9H8ClF3N2. The Labute approximate surface area is 89.6 Å². The highest BCUT2D eigenvalue weighted by atomic mass is 35.5. The summed E-state index contributed by atoms with van der Waals surface area (Å²) in [5, 5.41) is 0. The van der Waals surface area contributed by atoms with Crippen molar-refractivity contribution in [3.63, 3.8) is 0 Å². The van der Waals surface area contributed by atoms with Crippen molar-refractivity contribution in [1.29, 1.82) is 0 Å². The Kier molecular flexibility index (Phi) is 3.57. The van der Waals surface area contributed by atoms with E-state index in [0.717, 1.165) is 12.1 Å². The van der Waals surface area contributed by atoms with E-state index in [2.05, 4.69) is 4.99 Å². The molecule has 2 nitrogen and oxygen atoms in total. The number of rotatable bonds is 2. The molecule has 0 atom stereocenters. The van der Waals surface area contributed by atoms with Gasteiger partial charge < -0.3 is 5.73 Å². The fourth-order valence-electron chi connectivity index (χ4n) is 0.947. The van der Waals surface area contributed by atoms with Crippen molar-refractivity contribution in [2.45, 2.75) is 6.18 Å². The number of nitrogens with two attached hydrogens (primary N) is 1. The third kappa shape index (κ3) is 3.43. The van der Waals surface area contributed by atoms with E-state index in [1.54, 1.807) is 0 Å². The summed E-state index contributed by atoms with van der Waals surface area (Å²) in [5.74, 6) is 0.0620. The van der Waals surface area contributed by atoms with Crippen LogP contribution in [0.1, 0.15) is 5.56 Å². The number of halogens is 4. The van der Waals surface area contributed by atoms with Gasteiger partial charge in [0.05, 0.1) is 17.1 Å². The van der Waals surface area contributed by atoms with Crippen LogP contribution in [0.15, 0.2) is 29.3 Å². The number of benzene rings is 1. The van der Waals surface area contributed by atoms with Crippen molar-refractivity contribution in [2.75, 3.05) is 5.88 Å². The van der Waals surface area contributed by atoms with Crippen LogP contribution in [0.25, 0.3) is 0 Å². The summed E-state index contributed by atoms with van der Waals surface area (Å²) in [6.07, 6.45) is -4.37. The van der Waals surface area contributed by atoms with Crippen molar-refractivity contribution >= 4 is 23.1 Å². The molecule has 0 aliphatic carbocycles. The van der Waals surface area contributed by atoms with Gasteiger partial charge in [0.25, 0.3) is 0 Å². The van der Waals surface area contributed by atoms with Crippen LogP contribution in [0.4, 0.5) is 18.9 Å². The van der Waals surface area contributed by atoms with Crippen LogP contribution in [0, 0.1) is 0 Å². The monoisotopic (exact) mass is 236 g/mol. The highest BCUT2D eigenvalue weighted by Crippen LogP contribution is 2.31. The predicted octanol–water partition coefficient (Wildman–Crippen LogP) is 2.93. The summed E-state index contributed by atoms with van der Waals surface area (Å²) >= 11 is 5.35. The van der Waals surface area contributed by atoms with Gasteiger partial charge >= 0.3 is 6.18 Å². The number of nitrogens with zero attached hydrogens (tertiary/aromatic N) is 1. The van der Waals surface area contributed by atoms with Crippen LogP contribution in [-0.4, -0.2) is 11.7 Å². The second kappa shape index (κ2) is 4.53. The van der Waals surface area contributed by atoms with E-state index in [9.17, 15) is 13.2 Å². The molecular weight excluding hydrogens is 229 g/mol. The quantitative estimate of drug-likeness (QED) is 0.479. The predicted molar refractivity (Wildman–Crippen MR) is 53.4 cm³/mol. The van der Waals surface area contributed by atoms with Crippen molar-refractivity contribution in [3.05, 3.63) is 29.8 Å². The van der Waals surface area contributed by atoms with E-state index in [0.29, 0.717) is 0 Å². The molecule has 1 aromatic rings. The Balaban J connectivity index is 3.04. The fraction of sp³-hybridized carbons (Fsp3) is 0.222. The molecule has 0 unspecified atom stereocenters. The summed E-state index contributed by atoms with van der Waals surface area (Å²) in [6.45, 7) is 0. The van der Waals surface area contributed by atoms with Crippen LogP contribution in [-0.2, 0) is 6.18 Å². The molecule has 0 bridgehead atoms. The van der Waals surface area contributed by atoms with E-state index in [-0.39, 0.29) is 17.4 Å². The van der Waals surface area contributed by atoms with E-state index in [1.165, 1.54) is 12.1 Å². The number of hydrogen-bond donors (Lipinski definition) is 1. The first-order valence-corrected chi connectivity index (χ1v) is 4.53. The number of aliphatic imine (C=N–C) groups is 1. The Morgan fingerprint density at radius 2 is 2.07 bits per heavy atom. The lowest BCUT2D eigenvalue weighted by atomic mass is 10.2. The molecule has 82 valence electrons. The molecule has 0 aliphatic heterocycles. The zero-order chi connectivity index (χ0) is 11.5. The SMILES string of the molecule is NC(CCl)=Nc1cccc(C(F)(F)F)c1. The van der Waals surface area contributed by atoms with E-state index in [1.807, 2.05) is 0 Å². The lowest BCUT2D eigenvalue weighted by molar-refractivity contribution is -0.137. The van der Waals surface area contributed by atoms with Crippen LogP contribution in [0.5, 0.6) is 0 Å². The Morgan fingerprint density at radius 1 is 1.40 bits per heavy atom. The largest absolute Gasteiger partial charge is 0.416 e. The average molecular weight is 237 g/mol. The van der Waals surface area contributed by atoms with Crippen molar-refractivity contribution in [1.82, 2.24) is 0 Å². The second-order valence-electron chi connectivity index (χ2n) is 2.78. The summed E-state index contributed by atoms with van der Waals surface area (Å²) in [4.78, 5) is 3.71. The molecule has 15 heavy (non-hydrogen) atoms. The lowest BCUT2D eigenvalue weighted by Crippen LogP contribution is -2.12. The smallest absolute Gasteiger partial charge is 0.386 e. The lowest BCUT2D eigenvalue weighted by Gasteiger charge is -2.06. The zero-order valence-corrected chi connectivity index (χ0v) is 8.31. The fourth-order valence-corrected chi connectivity index (χ4v) is 1.01. The molecule has 0 fully saturated rings. The highest BCUT2D eigenvalue weighted by molar-refractivity contribution is 6.28. The molecule has 1 rings (SSSR count).